The zero-order valence-electron chi connectivity index (χ0n) is 15.7. The fourth-order valence-electron chi connectivity index (χ4n) is 7.69. The third-order valence-electron chi connectivity index (χ3n) is 9.12. The van der Waals surface area contributed by atoms with Crippen molar-refractivity contribution in [3.63, 3.8) is 0 Å². The molecule has 140 valence electrons. The molecular weight excluding hydrogens is 319 g/mol. The molecule has 4 saturated carbocycles. The monoisotopic (exact) mass is 350 g/mol. The van der Waals surface area contributed by atoms with Crippen LogP contribution in [0.2, 0.25) is 0 Å². The summed E-state index contributed by atoms with van der Waals surface area (Å²) >= 11 is 0. The van der Waals surface area contributed by atoms with Gasteiger partial charge in [0.05, 0.1) is 0 Å². The number of fused-ring (bicyclic) bond motifs is 5. The van der Waals surface area contributed by atoms with E-state index in [2.05, 4.69) is 6.92 Å². The Kier molecular flexibility index (Phi) is 3.79. The highest BCUT2D eigenvalue weighted by atomic mass is 19.1. The van der Waals surface area contributed by atoms with Gasteiger partial charge in [0, 0.05) is 24.2 Å². The van der Waals surface area contributed by atoms with Crippen molar-refractivity contribution in [1.29, 1.82) is 0 Å². The second-order valence-corrected chi connectivity index (χ2v) is 9.92. The molecule has 4 aliphatic carbocycles. The van der Waals surface area contributed by atoms with E-state index in [0.717, 1.165) is 25.7 Å². The lowest BCUT2D eigenvalue weighted by molar-refractivity contribution is -0.232. The average Bonchev–Trinajstić information content (AvgIpc) is 2.88. The van der Waals surface area contributed by atoms with Gasteiger partial charge in [-0.05, 0) is 68.6 Å². The van der Waals surface area contributed by atoms with Crippen molar-refractivity contribution in [2.75, 3.05) is 0 Å². The number of halogens is 1. The third-order valence-corrected chi connectivity index (χ3v) is 9.12. The summed E-state index contributed by atoms with van der Waals surface area (Å²) in [5.74, 6) is 1.26. The molecule has 0 heterocycles. The van der Waals surface area contributed by atoms with Crippen LogP contribution in [-0.2, 0) is 9.59 Å². The summed E-state index contributed by atoms with van der Waals surface area (Å²) in [6, 6.07) is 0. The highest BCUT2D eigenvalue weighted by molar-refractivity contribution is 5.81. The maximum absolute atomic E-state index is 15.3. The Balaban J connectivity index is 1.71. The molecule has 0 radical (unpaired) electrons. The fraction of sp³-hybridized carbons (Fsp3) is 0.905. The Bertz CT molecular complexity index is 618. The summed E-state index contributed by atoms with van der Waals surface area (Å²) in [6.07, 6.45) is 3.93. The van der Waals surface area contributed by atoms with Crippen molar-refractivity contribution in [2.24, 2.45) is 34.5 Å². The number of carbonyl (C=O) groups is 2. The molecule has 0 unspecified atom stereocenters. The van der Waals surface area contributed by atoms with Gasteiger partial charge >= 0.3 is 0 Å². The van der Waals surface area contributed by atoms with Gasteiger partial charge in [0.15, 0.2) is 0 Å². The predicted molar refractivity (Wildman–Crippen MR) is 92.6 cm³/mol. The highest BCUT2D eigenvalue weighted by Crippen LogP contribution is 2.68. The SMILES string of the molecule is CC(=O)[C@@H]1CC[C@@H]2[C@@H]3C[C@H](F)[C@@]4(O)CC(=O)CC[C@]4(C)[C@H]3CC[C@@]21C. The largest absolute Gasteiger partial charge is 0.386 e. The quantitative estimate of drug-likeness (QED) is 0.781. The first-order chi connectivity index (χ1) is 11.6. The minimum Gasteiger partial charge on any atom is -0.386 e. The van der Waals surface area contributed by atoms with E-state index in [0.29, 0.717) is 25.2 Å². The van der Waals surface area contributed by atoms with Crippen molar-refractivity contribution in [1.82, 2.24) is 0 Å². The van der Waals surface area contributed by atoms with Crippen molar-refractivity contribution in [3.05, 3.63) is 0 Å². The number of alkyl halides is 1. The van der Waals surface area contributed by atoms with Gasteiger partial charge in [0.25, 0.3) is 0 Å². The maximum Gasteiger partial charge on any atom is 0.135 e. The normalized spacial score (nSPS) is 55.2. The Hall–Kier alpha value is -0.770. The molecule has 8 atom stereocenters. The van der Waals surface area contributed by atoms with E-state index < -0.39 is 17.2 Å². The van der Waals surface area contributed by atoms with E-state index in [1.807, 2.05) is 6.92 Å². The molecule has 0 aromatic carbocycles. The molecule has 0 bridgehead atoms. The molecule has 0 aromatic rings. The molecule has 1 N–H and O–H groups in total. The van der Waals surface area contributed by atoms with Crippen LogP contribution in [0.4, 0.5) is 4.39 Å². The first-order valence-electron chi connectivity index (χ1n) is 10.0. The summed E-state index contributed by atoms with van der Waals surface area (Å²) in [7, 11) is 0. The van der Waals surface area contributed by atoms with Crippen LogP contribution in [0.15, 0.2) is 0 Å². The number of ketones is 2. The summed E-state index contributed by atoms with van der Waals surface area (Å²) in [5, 5.41) is 11.2. The molecule has 4 fully saturated rings. The number of carbonyl (C=O) groups excluding carboxylic acids is 2. The number of rotatable bonds is 1. The lowest BCUT2D eigenvalue weighted by atomic mass is 9.43. The van der Waals surface area contributed by atoms with Crippen LogP contribution in [0.3, 0.4) is 0 Å². The summed E-state index contributed by atoms with van der Waals surface area (Å²) < 4.78 is 15.3. The summed E-state index contributed by atoms with van der Waals surface area (Å²) in [4.78, 5) is 24.1. The predicted octanol–water partition coefficient (Wildman–Crippen LogP) is 3.87. The van der Waals surface area contributed by atoms with Gasteiger partial charge < -0.3 is 5.11 Å². The second-order valence-electron chi connectivity index (χ2n) is 9.92. The number of Topliss-reactive ketones (excluding diaryl/α,β-unsaturated/α-hetero) is 2. The molecule has 25 heavy (non-hydrogen) atoms. The van der Waals surface area contributed by atoms with Crippen molar-refractivity contribution >= 4 is 11.6 Å². The molecular formula is C21H31FO3. The average molecular weight is 350 g/mol. The van der Waals surface area contributed by atoms with Gasteiger partial charge in [-0.2, -0.15) is 0 Å². The molecule has 0 aliphatic heterocycles. The van der Waals surface area contributed by atoms with Crippen LogP contribution >= 0.6 is 0 Å². The van der Waals surface area contributed by atoms with Gasteiger partial charge in [-0.25, -0.2) is 4.39 Å². The van der Waals surface area contributed by atoms with E-state index in [-0.39, 0.29) is 41.2 Å². The number of hydrogen-bond acceptors (Lipinski definition) is 3. The molecule has 0 spiro atoms. The molecule has 4 aliphatic rings. The zero-order valence-corrected chi connectivity index (χ0v) is 15.7. The lowest BCUT2D eigenvalue weighted by Gasteiger charge is -2.63. The molecule has 4 rings (SSSR count). The van der Waals surface area contributed by atoms with E-state index in [1.54, 1.807) is 6.92 Å². The second kappa shape index (κ2) is 5.37. The molecule has 0 aromatic heterocycles. The molecule has 4 heteroatoms. The topological polar surface area (TPSA) is 54.4 Å². The van der Waals surface area contributed by atoms with Crippen LogP contribution in [0.5, 0.6) is 0 Å². The Morgan fingerprint density at radius 2 is 1.88 bits per heavy atom. The minimum absolute atomic E-state index is 0.000710. The maximum atomic E-state index is 15.3. The van der Waals surface area contributed by atoms with E-state index in [9.17, 15) is 14.7 Å². The molecule has 0 saturated heterocycles. The van der Waals surface area contributed by atoms with Crippen molar-refractivity contribution in [2.45, 2.75) is 83.9 Å². The fourth-order valence-corrected chi connectivity index (χ4v) is 7.69. The van der Waals surface area contributed by atoms with Gasteiger partial charge in [0.2, 0.25) is 0 Å². The zero-order chi connectivity index (χ0) is 18.2. The highest BCUT2D eigenvalue weighted by Gasteiger charge is 2.68. The van der Waals surface area contributed by atoms with E-state index in [4.69, 9.17) is 0 Å². The van der Waals surface area contributed by atoms with Gasteiger partial charge in [-0.15, -0.1) is 0 Å². The summed E-state index contributed by atoms with van der Waals surface area (Å²) in [5.41, 5.74) is -2.02. The first kappa shape index (κ1) is 17.6. The van der Waals surface area contributed by atoms with Crippen LogP contribution in [0.1, 0.15) is 72.1 Å². The van der Waals surface area contributed by atoms with E-state index in [1.165, 1.54) is 0 Å². The lowest BCUT2D eigenvalue weighted by Crippen LogP contribution is -2.67. The van der Waals surface area contributed by atoms with Crippen LogP contribution in [-0.4, -0.2) is 28.4 Å². The summed E-state index contributed by atoms with van der Waals surface area (Å²) in [6.45, 7) is 5.98. The number of hydrogen-bond donors (Lipinski definition) is 1. The Morgan fingerprint density at radius 3 is 2.56 bits per heavy atom. The van der Waals surface area contributed by atoms with Gasteiger partial charge in [0.1, 0.15) is 23.3 Å². The number of aliphatic hydroxyl groups is 1. The first-order valence-corrected chi connectivity index (χ1v) is 10.0. The Morgan fingerprint density at radius 1 is 1.16 bits per heavy atom. The Labute approximate surface area is 149 Å². The van der Waals surface area contributed by atoms with Crippen LogP contribution in [0, 0.1) is 34.5 Å². The van der Waals surface area contributed by atoms with Gasteiger partial charge in [-0.3, -0.25) is 9.59 Å². The van der Waals surface area contributed by atoms with Crippen molar-refractivity contribution < 1.29 is 19.1 Å². The van der Waals surface area contributed by atoms with E-state index >= 15 is 4.39 Å². The minimum atomic E-state index is -1.49. The molecule has 3 nitrogen and oxygen atoms in total. The third kappa shape index (κ3) is 2.12. The van der Waals surface area contributed by atoms with Crippen LogP contribution < -0.4 is 0 Å². The van der Waals surface area contributed by atoms with Crippen molar-refractivity contribution in [3.8, 4) is 0 Å². The standard InChI is InChI=1S/C21H31FO3/c1-12(23)15-4-5-16-14-10-18(22)21(25)11-13(24)6-9-20(21,3)17(14)7-8-19(15,16)2/h14-18,25H,4-11H2,1-3H3/t14-,15-,16+,17-,18-,19+,20+,21-/m0/s1. The van der Waals surface area contributed by atoms with Gasteiger partial charge in [-0.1, -0.05) is 13.8 Å². The molecule has 0 amide bonds. The van der Waals surface area contributed by atoms with Crippen LogP contribution in [0.25, 0.3) is 0 Å². The smallest absolute Gasteiger partial charge is 0.135 e.